The Bertz CT molecular complexity index is 1040. The van der Waals surface area contributed by atoms with Crippen molar-refractivity contribution in [3.63, 3.8) is 0 Å². The molecule has 0 radical (unpaired) electrons. The van der Waals surface area contributed by atoms with Gasteiger partial charge in [-0.3, -0.25) is 14.7 Å². The molecule has 5 rings (SSSR count). The molecule has 5 heteroatoms. The third-order valence-electron chi connectivity index (χ3n) is 6.76. The third kappa shape index (κ3) is 4.48. The molecule has 3 heterocycles. The number of nitrogens with one attached hydrogen (secondary N) is 1. The van der Waals surface area contributed by atoms with E-state index in [0.29, 0.717) is 12.1 Å². The first-order valence-corrected chi connectivity index (χ1v) is 11.3. The van der Waals surface area contributed by atoms with Crippen LogP contribution in [0.5, 0.6) is 0 Å². The van der Waals surface area contributed by atoms with Gasteiger partial charge in [0.25, 0.3) is 5.91 Å². The summed E-state index contributed by atoms with van der Waals surface area (Å²) < 4.78 is 6.49. The second-order valence-electron chi connectivity index (χ2n) is 8.80. The topological polar surface area (TPSA) is 54.5 Å². The van der Waals surface area contributed by atoms with E-state index in [1.165, 1.54) is 10.9 Å². The summed E-state index contributed by atoms with van der Waals surface area (Å²) in [4.78, 5) is 19.3. The predicted molar refractivity (Wildman–Crippen MR) is 122 cm³/mol. The number of benzene rings is 2. The van der Waals surface area contributed by atoms with Crippen LogP contribution in [0.1, 0.15) is 41.6 Å². The highest BCUT2D eigenvalue weighted by atomic mass is 16.5. The van der Waals surface area contributed by atoms with Crippen LogP contribution < -0.4 is 5.32 Å². The highest BCUT2D eigenvalue weighted by molar-refractivity contribution is 5.94. The summed E-state index contributed by atoms with van der Waals surface area (Å²) in [6, 6.07) is 19.9. The van der Waals surface area contributed by atoms with Gasteiger partial charge in [0.1, 0.15) is 0 Å². The number of nitrogens with zero attached hydrogens (tertiary/aromatic N) is 2. The van der Waals surface area contributed by atoms with Gasteiger partial charge in [-0.05, 0) is 55.5 Å². The first kappa shape index (κ1) is 20.2. The summed E-state index contributed by atoms with van der Waals surface area (Å²) in [5, 5.41) is 4.29. The van der Waals surface area contributed by atoms with E-state index in [9.17, 15) is 4.79 Å². The normalized spacial score (nSPS) is 20.8. The van der Waals surface area contributed by atoms with Gasteiger partial charge >= 0.3 is 0 Å². The van der Waals surface area contributed by atoms with Crippen molar-refractivity contribution in [2.75, 3.05) is 19.6 Å². The molecule has 1 aromatic heterocycles. The Kier molecular flexibility index (Phi) is 5.70. The number of hydrogen-bond donors (Lipinski definition) is 1. The minimum Gasteiger partial charge on any atom is -0.370 e. The molecule has 5 nitrogen and oxygen atoms in total. The number of carbonyl (C=O) groups is 1. The lowest BCUT2D eigenvalue weighted by atomic mass is 9.88. The molecule has 1 amide bonds. The Labute approximate surface area is 183 Å². The van der Waals surface area contributed by atoms with Crippen molar-refractivity contribution in [2.24, 2.45) is 0 Å². The Balaban J connectivity index is 1.13. The monoisotopic (exact) mass is 415 g/mol. The number of likely N-dealkylation sites (tertiary alicyclic amines) is 1. The summed E-state index contributed by atoms with van der Waals surface area (Å²) >= 11 is 0. The van der Waals surface area contributed by atoms with Gasteiger partial charge in [-0.15, -0.1) is 0 Å². The van der Waals surface area contributed by atoms with Crippen molar-refractivity contribution in [1.82, 2.24) is 15.2 Å². The Morgan fingerprint density at radius 1 is 1.03 bits per heavy atom. The van der Waals surface area contributed by atoms with Crippen LogP contribution in [0.25, 0.3) is 10.9 Å². The van der Waals surface area contributed by atoms with Gasteiger partial charge < -0.3 is 10.1 Å². The molecular weight excluding hydrogens is 386 g/mol. The van der Waals surface area contributed by atoms with Gasteiger partial charge in [0, 0.05) is 43.3 Å². The fourth-order valence-corrected chi connectivity index (χ4v) is 4.97. The van der Waals surface area contributed by atoms with Crippen LogP contribution in [0, 0.1) is 0 Å². The molecule has 3 aromatic rings. The lowest BCUT2D eigenvalue weighted by Crippen LogP contribution is -2.44. The minimum absolute atomic E-state index is 0.0149. The molecule has 1 N–H and O–H groups in total. The first-order valence-electron chi connectivity index (χ1n) is 11.3. The number of amides is 1. The SMILES string of the molecule is O=C(NCC1CCC2(CCN(Cc3cccc4ncccc34)CC2)O1)c1ccccc1. The van der Waals surface area contributed by atoms with Gasteiger partial charge in [0.2, 0.25) is 0 Å². The molecule has 31 heavy (non-hydrogen) atoms. The molecule has 0 aliphatic carbocycles. The second-order valence-corrected chi connectivity index (χ2v) is 8.80. The molecule has 2 saturated heterocycles. The average molecular weight is 416 g/mol. The van der Waals surface area contributed by atoms with E-state index in [1.54, 1.807) is 0 Å². The standard InChI is InChI=1S/C26H29N3O2/c30-25(20-6-2-1-3-7-20)28-18-22-11-12-26(31-22)13-16-29(17-14-26)19-21-8-4-10-24-23(21)9-5-15-27-24/h1-10,15,22H,11-14,16-19H2,(H,28,30). The van der Waals surface area contributed by atoms with Gasteiger partial charge in [0.05, 0.1) is 17.2 Å². The summed E-state index contributed by atoms with van der Waals surface area (Å²) in [5.41, 5.74) is 3.09. The number of ether oxygens (including phenoxy) is 1. The largest absolute Gasteiger partial charge is 0.370 e. The van der Waals surface area contributed by atoms with E-state index < -0.39 is 0 Å². The smallest absolute Gasteiger partial charge is 0.251 e. The van der Waals surface area contributed by atoms with Crippen molar-refractivity contribution in [3.8, 4) is 0 Å². The highest BCUT2D eigenvalue weighted by Crippen LogP contribution is 2.39. The number of rotatable bonds is 5. The van der Waals surface area contributed by atoms with E-state index in [0.717, 1.165) is 50.8 Å². The summed E-state index contributed by atoms with van der Waals surface area (Å²) in [7, 11) is 0. The zero-order valence-electron chi connectivity index (χ0n) is 17.8. The van der Waals surface area contributed by atoms with E-state index in [1.807, 2.05) is 42.6 Å². The van der Waals surface area contributed by atoms with Gasteiger partial charge in [0.15, 0.2) is 0 Å². The van der Waals surface area contributed by atoms with Crippen molar-refractivity contribution in [1.29, 1.82) is 0 Å². The maximum atomic E-state index is 12.3. The number of carbonyl (C=O) groups excluding carboxylic acids is 1. The van der Waals surface area contributed by atoms with E-state index in [4.69, 9.17) is 4.74 Å². The summed E-state index contributed by atoms with van der Waals surface area (Å²) in [6.07, 6.45) is 6.18. The zero-order valence-corrected chi connectivity index (χ0v) is 17.8. The molecule has 2 aliphatic rings. The molecule has 2 aromatic carbocycles. The van der Waals surface area contributed by atoms with Crippen LogP contribution in [0.2, 0.25) is 0 Å². The number of pyridine rings is 1. The van der Waals surface area contributed by atoms with Crippen molar-refractivity contribution < 1.29 is 9.53 Å². The maximum absolute atomic E-state index is 12.3. The van der Waals surface area contributed by atoms with Gasteiger partial charge in [-0.1, -0.05) is 36.4 Å². The summed E-state index contributed by atoms with van der Waals surface area (Å²) in [6.45, 7) is 3.62. The average Bonchev–Trinajstić information content (AvgIpc) is 3.22. The van der Waals surface area contributed by atoms with Crippen molar-refractivity contribution in [2.45, 2.75) is 43.9 Å². The highest BCUT2D eigenvalue weighted by Gasteiger charge is 2.42. The third-order valence-corrected chi connectivity index (χ3v) is 6.76. The van der Waals surface area contributed by atoms with E-state index >= 15 is 0 Å². The molecule has 1 spiro atoms. The van der Waals surface area contributed by atoms with Crippen LogP contribution in [0.15, 0.2) is 66.9 Å². The zero-order chi connectivity index (χ0) is 21.1. The van der Waals surface area contributed by atoms with Crippen molar-refractivity contribution in [3.05, 3.63) is 78.0 Å². The fraction of sp³-hybridized carbons (Fsp3) is 0.385. The lowest BCUT2D eigenvalue weighted by Gasteiger charge is -2.39. The molecule has 2 aliphatic heterocycles. The molecule has 1 unspecified atom stereocenters. The molecule has 160 valence electrons. The number of aromatic nitrogens is 1. The van der Waals surface area contributed by atoms with Gasteiger partial charge in [-0.25, -0.2) is 0 Å². The lowest BCUT2D eigenvalue weighted by molar-refractivity contribution is -0.0764. The van der Waals surface area contributed by atoms with Crippen LogP contribution in [0.3, 0.4) is 0 Å². The molecule has 1 atom stereocenters. The Morgan fingerprint density at radius 3 is 2.71 bits per heavy atom. The van der Waals surface area contributed by atoms with Crippen molar-refractivity contribution >= 4 is 16.8 Å². The molecule has 2 fully saturated rings. The number of piperidine rings is 1. The summed E-state index contributed by atoms with van der Waals surface area (Å²) in [5.74, 6) is -0.0236. The first-order chi connectivity index (χ1) is 15.2. The fourth-order valence-electron chi connectivity index (χ4n) is 4.97. The van der Waals surface area contributed by atoms with E-state index in [2.05, 4.69) is 39.5 Å². The molecule has 0 bridgehead atoms. The van der Waals surface area contributed by atoms with Crippen LogP contribution in [-0.4, -0.2) is 47.1 Å². The number of fused-ring (bicyclic) bond motifs is 1. The van der Waals surface area contributed by atoms with Crippen LogP contribution in [0.4, 0.5) is 0 Å². The Morgan fingerprint density at radius 2 is 1.87 bits per heavy atom. The van der Waals surface area contributed by atoms with Gasteiger partial charge in [-0.2, -0.15) is 0 Å². The number of hydrogen-bond acceptors (Lipinski definition) is 4. The van der Waals surface area contributed by atoms with Crippen LogP contribution in [-0.2, 0) is 11.3 Å². The van der Waals surface area contributed by atoms with Crippen LogP contribution >= 0.6 is 0 Å². The molecular formula is C26H29N3O2. The Hall–Kier alpha value is -2.76. The quantitative estimate of drug-likeness (QED) is 0.679. The maximum Gasteiger partial charge on any atom is 0.251 e. The predicted octanol–water partition coefficient (Wildman–Crippen LogP) is 4.18. The second kappa shape index (κ2) is 8.77. The minimum atomic E-state index is -0.0236. The van der Waals surface area contributed by atoms with E-state index in [-0.39, 0.29) is 17.6 Å². The molecule has 0 saturated carbocycles.